The summed E-state index contributed by atoms with van der Waals surface area (Å²) in [6, 6.07) is 8.27. The van der Waals surface area contributed by atoms with Crippen molar-refractivity contribution in [3.63, 3.8) is 0 Å². The van der Waals surface area contributed by atoms with Crippen molar-refractivity contribution >= 4 is 0 Å². The average molecular weight is 247 g/mol. The maximum absolute atomic E-state index is 6.11. The van der Waals surface area contributed by atoms with Crippen LogP contribution < -0.4 is 10.5 Å². The van der Waals surface area contributed by atoms with Gasteiger partial charge in [0, 0.05) is 6.04 Å². The Morgan fingerprint density at radius 1 is 1.22 bits per heavy atom. The first kappa shape index (κ1) is 13.4. The Bertz CT molecular complexity index is 388. The lowest BCUT2D eigenvalue weighted by molar-refractivity contribution is 0.100. The van der Waals surface area contributed by atoms with Crippen LogP contribution in [0.3, 0.4) is 0 Å². The molecule has 100 valence electrons. The fraction of sp³-hybridized carbons (Fsp3) is 0.625. The van der Waals surface area contributed by atoms with Gasteiger partial charge in [0.2, 0.25) is 0 Å². The van der Waals surface area contributed by atoms with Crippen molar-refractivity contribution in [2.24, 2.45) is 17.6 Å². The monoisotopic (exact) mass is 247 g/mol. The first-order chi connectivity index (χ1) is 8.56. The van der Waals surface area contributed by atoms with Crippen LogP contribution in [0.1, 0.15) is 51.6 Å². The van der Waals surface area contributed by atoms with Crippen molar-refractivity contribution in [2.45, 2.75) is 52.2 Å². The van der Waals surface area contributed by atoms with E-state index >= 15 is 0 Å². The van der Waals surface area contributed by atoms with Gasteiger partial charge in [0.1, 0.15) is 5.75 Å². The summed E-state index contributed by atoms with van der Waals surface area (Å²) in [5.74, 6) is 2.57. The predicted octanol–water partition coefficient (Wildman–Crippen LogP) is 3.91. The average Bonchev–Trinajstić information content (AvgIpc) is 2.34. The molecule has 0 radical (unpaired) electrons. The van der Waals surface area contributed by atoms with Crippen molar-refractivity contribution in [2.75, 3.05) is 0 Å². The third-order valence-electron chi connectivity index (χ3n) is 4.24. The smallest absolute Gasteiger partial charge is 0.120 e. The van der Waals surface area contributed by atoms with Gasteiger partial charge in [-0.3, -0.25) is 0 Å². The Morgan fingerprint density at radius 2 is 2.00 bits per heavy atom. The number of benzene rings is 1. The molecule has 1 aliphatic rings. The number of ether oxygens (including phenoxy) is 1. The molecule has 0 spiro atoms. The Balaban J connectivity index is 1.99. The third-order valence-corrected chi connectivity index (χ3v) is 4.24. The minimum absolute atomic E-state index is 0.0684. The lowest BCUT2D eigenvalue weighted by Crippen LogP contribution is -2.28. The zero-order valence-electron chi connectivity index (χ0n) is 11.7. The maximum Gasteiger partial charge on any atom is 0.120 e. The number of hydrogen-bond acceptors (Lipinski definition) is 2. The second-order valence-electron chi connectivity index (χ2n) is 5.87. The SMILES string of the molecule is CC(N)c1cccc(OC2CCC(C)C(C)C2)c1. The van der Waals surface area contributed by atoms with Crippen LogP contribution in [-0.4, -0.2) is 6.10 Å². The molecule has 0 bridgehead atoms. The molecule has 2 heteroatoms. The van der Waals surface area contributed by atoms with Gasteiger partial charge in [-0.1, -0.05) is 26.0 Å². The molecule has 1 aromatic rings. The normalized spacial score (nSPS) is 29.9. The Morgan fingerprint density at radius 3 is 2.67 bits per heavy atom. The molecule has 2 N–H and O–H groups in total. The summed E-state index contributed by atoms with van der Waals surface area (Å²) >= 11 is 0. The summed E-state index contributed by atoms with van der Waals surface area (Å²) in [6.07, 6.45) is 4.00. The molecule has 4 unspecified atom stereocenters. The van der Waals surface area contributed by atoms with Gasteiger partial charge in [-0.25, -0.2) is 0 Å². The van der Waals surface area contributed by atoms with Crippen LogP contribution in [0.5, 0.6) is 5.75 Å². The van der Waals surface area contributed by atoms with Crippen LogP contribution in [0, 0.1) is 11.8 Å². The number of hydrogen-bond donors (Lipinski definition) is 1. The zero-order chi connectivity index (χ0) is 13.1. The minimum atomic E-state index is 0.0684. The van der Waals surface area contributed by atoms with Crippen LogP contribution in [0.25, 0.3) is 0 Å². The zero-order valence-corrected chi connectivity index (χ0v) is 11.7. The van der Waals surface area contributed by atoms with Gasteiger partial charge in [0.25, 0.3) is 0 Å². The van der Waals surface area contributed by atoms with Crippen molar-refractivity contribution in [3.8, 4) is 5.75 Å². The topological polar surface area (TPSA) is 35.2 Å². The lowest BCUT2D eigenvalue weighted by Gasteiger charge is -2.32. The third kappa shape index (κ3) is 3.26. The number of nitrogens with two attached hydrogens (primary N) is 1. The van der Waals surface area contributed by atoms with E-state index in [0.29, 0.717) is 6.10 Å². The maximum atomic E-state index is 6.11. The van der Waals surface area contributed by atoms with E-state index in [4.69, 9.17) is 10.5 Å². The molecule has 0 amide bonds. The first-order valence-electron chi connectivity index (χ1n) is 7.08. The van der Waals surface area contributed by atoms with Gasteiger partial charge in [0.05, 0.1) is 6.10 Å². The highest BCUT2D eigenvalue weighted by molar-refractivity contribution is 5.30. The van der Waals surface area contributed by atoms with E-state index in [1.54, 1.807) is 0 Å². The lowest BCUT2D eigenvalue weighted by atomic mass is 9.80. The highest BCUT2D eigenvalue weighted by Crippen LogP contribution is 2.32. The molecule has 0 heterocycles. The molecule has 18 heavy (non-hydrogen) atoms. The fourth-order valence-electron chi connectivity index (χ4n) is 2.67. The van der Waals surface area contributed by atoms with Gasteiger partial charge in [0.15, 0.2) is 0 Å². The fourth-order valence-corrected chi connectivity index (χ4v) is 2.67. The summed E-state index contributed by atoms with van der Waals surface area (Å²) in [5, 5.41) is 0. The highest BCUT2D eigenvalue weighted by Gasteiger charge is 2.25. The van der Waals surface area contributed by atoms with Crippen LogP contribution in [0.2, 0.25) is 0 Å². The van der Waals surface area contributed by atoms with E-state index in [1.165, 1.54) is 19.3 Å². The second kappa shape index (κ2) is 5.75. The largest absolute Gasteiger partial charge is 0.490 e. The van der Waals surface area contributed by atoms with E-state index in [1.807, 2.05) is 19.1 Å². The van der Waals surface area contributed by atoms with Crippen molar-refractivity contribution in [3.05, 3.63) is 29.8 Å². The van der Waals surface area contributed by atoms with Crippen LogP contribution >= 0.6 is 0 Å². The Kier molecular flexibility index (Phi) is 4.28. The van der Waals surface area contributed by atoms with Gasteiger partial charge in [-0.2, -0.15) is 0 Å². The molecule has 4 atom stereocenters. The molecule has 2 nitrogen and oxygen atoms in total. The van der Waals surface area contributed by atoms with E-state index in [0.717, 1.165) is 23.1 Å². The van der Waals surface area contributed by atoms with E-state index in [-0.39, 0.29) is 6.04 Å². The van der Waals surface area contributed by atoms with Gasteiger partial charge >= 0.3 is 0 Å². The molecular formula is C16H25NO. The quantitative estimate of drug-likeness (QED) is 0.879. The minimum Gasteiger partial charge on any atom is -0.490 e. The predicted molar refractivity (Wildman–Crippen MR) is 75.6 cm³/mol. The standard InChI is InChI=1S/C16H25NO/c1-11-7-8-16(9-12(11)2)18-15-6-4-5-14(10-15)13(3)17/h4-6,10-13,16H,7-9,17H2,1-3H3. The van der Waals surface area contributed by atoms with Crippen molar-refractivity contribution in [1.82, 2.24) is 0 Å². The molecule has 1 fully saturated rings. The van der Waals surface area contributed by atoms with E-state index in [9.17, 15) is 0 Å². The van der Waals surface area contributed by atoms with Crippen LogP contribution in [0.4, 0.5) is 0 Å². The molecule has 1 saturated carbocycles. The van der Waals surface area contributed by atoms with Gasteiger partial charge in [-0.05, 0) is 55.7 Å². The highest BCUT2D eigenvalue weighted by atomic mass is 16.5. The molecule has 0 saturated heterocycles. The van der Waals surface area contributed by atoms with Crippen molar-refractivity contribution < 1.29 is 4.74 Å². The summed E-state index contributed by atoms with van der Waals surface area (Å²) in [7, 11) is 0. The van der Waals surface area contributed by atoms with Crippen molar-refractivity contribution in [1.29, 1.82) is 0 Å². The Labute approximate surface area is 111 Å². The van der Waals surface area contributed by atoms with E-state index < -0.39 is 0 Å². The van der Waals surface area contributed by atoms with Gasteiger partial charge < -0.3 is 10.5 Å². The summed E-state index contributed by atoms with van der Waals surface area (Å²) < 4.78 is 6.11. The van der Waals surface area contributed by atoms with E-state index in [2.05, 4.69) is 26.0 Å². The second-order valence-corrected chi connectivity index (χ2v) is 5.87. The Hall–Kier alpha value is -1.02. The molecular weight excluding hydrogens is 222 g/mol. The first-order valence-corrected chi connectivity index (χ1v) is 7.08. The molecule has 2 rings (SSSR count). The number of rotatable bonds is 3. The summed E-state index contributed by atoms with van der Waals surface area (Å²) in [4.78, 5) is 0. The van der Waals surface area contributed by atoms with Crippen LogP contribution in [0.15, 0.2) is 24.3 Å². The summed E-state index contributed by atoms with van der Waals surface area (Å²) in [6.45, 7) is 6.68. The van der Waals surface area contributed by atoms with Gasteiger partial charge in [-0.15, -0.1) is 0 Å². The molecule has 1 aliphatic carbocycles. The molecule has 0 aromatic heterocycles. The van der Waals surface area contributed by atoms with Crippen LogP contribution in [-0.2, 0) is 0 Å². The molecule has 1 aromatic carbocycles. The molecule has 0 aliphatic heterocycles. The summed E-state index contributed by atoms with van der Waals surface area (Å²) in [5.41, 5.74) is 7.04.